The highest BCUT2D eigenvalue weighted by molar-refractivity contribution is 5.85. The van der Waals surface area contributed by atoms with Crippen molar-refractivity contribution in [2.75, 3.05) is 13.1 Å². The Kier molecular flexibility index (Phi) is 7.68. The number of hydrogen-bond acceptors (Lipinski definition) is 3. The van der Waals surface area contributed by atoms with E-state index in [1.807, 2.05) is 6.07 Å². The largest absolute Gasteiger partial charge is 0.390 e. The van der Waals surface area contributed by atoms with Crippen LogP contribution in [-0.4, -0.2) is 23.2 Å². The van der Waals surface area contributed by atoms with Gasteiger partial charge in [0.25, 0.3) is 0 Å². The number of hydrogen-bond donors (Lipinski definition) is 2. The molecular weight excluding hydrogens is 247 g/mol. The van der Waals surface area contributed by atoms with Gasteiger partial charge in [-0.15, -0.1) is 24.8 Å². The summed E-state index contributed by atoms with van der Waals surface area (Å²) in [7, 11) is 0. The van der Waals surface area contributed by atoms with Crippen LogP contribution in [-0.2, 0) is 6.61 Å². The van der Waals surface area contributed by atoms with E-state index in [0.29, 0.717) is 5.92 Å². The Bertz CT molecular complexity index is 304. The number of rotatable bonds is 2. The number of nitrogens with zero attached hydrogens (tertiary/aromatic N) is 1. The second-order valence-corrected chi connectivity index (χ2v) is 3.72. The number of piperidine rings is 1. The molecule has 2 heterocycles. The maximum Gasteiger partial charge on any atom is 0.0855 e. The number of halogens is 2. The second kappa shape index (κ2) is 7.85. The summed E-state index contributed by atoms with van der Waals surface area (Å²) in [5.41, 5.74) is 2.08. The highest BCUT2D eigenvalue weighted by atomic mass is 35.5. The van der Waals surface area contributed by atoms with Crippen molar-refractivity contribution in [3.8, 4) is 0 Å². The number of nitrogens with one attached hydrogen (secondary N) is 1. The van der Waals surface area contributed by atoms with Gasteiger partial charge < -0.3 is 10.4 Å². The Balaban J connectivity index is 0.00000112. The summed E-state index contributed by atoms with van der Waals surface area (Å²) in [5.74, 6) is 0.576. The van der Waals surface area contributed by atoms with E-state index in [4.69, 9.17) is 0 Å². The Morgan fingerprint density at radius 3 is 2.62 bits per heavy atom. The zero-order valence-electron chi connectivity index (χ0n) is 9.06. The standard InChI is InChI=1S/C11H16N2O.2ClH/c14-8-11-10(2-1-5-13-11)9-3-6-12-7-4-9;;/h1-2,5,9,12,14H,3-4,6-8H2;2*1H. The van der Waals surface area contributed by atoms with Crippen LogP contribution in [0, 0.1) is 0 Å². The molecule has 0 aliphatic carbocycles. The lowest BCUT2D eigenvalue weighted by molar-refractivity contribution is 0.273. The van der Waals surface area contributed by atoms with Gasteiger partial charge in [0.05, 0.1) is 12.3 Å². The molecule has 1 saturated heterocycles. The fourth-order valence-electron chi connectivity index (χ4n) is 2.09. The fraction of sp³-hybridized carbons (Fsp3) is 0.545. The molecule has 1 aliphatic heterocycles. The van der Waals surface area contributed by atoms with Gasteiger partial charge in [-0.3, -0.25) is 4.98 Å². The van der Waals surface area contributed by atoms with Crippen LogP contribution >= 0.6 is 24.8 Å². The molecule has 16 heavy (non-hydrogen) atoms. The van der Waals surface area contributed by atoms with Gasteiger partial charge in [-0.05, 0) is 43.5 Å². The first-order valence-corrected chi connectivity index (χ1v) is 5.17. The lowest BCUT2D eigenvalue weighted by Gasteiger charge is -2.24. The predicted octanol–water partition coefficient (Wildman–Crippen LogP) is 1.88. The van der Waals surface area contributed by atoms with E-state index in [1.54, 1.807) is 6.20 Å². The zero-order chi connectivity index (χ0) is 9.80. The first-order valence-electron chi connectivity index (χ1n) is 5.17. The molecule has 0 bridgehead atoms. The van der Waals surface area contributed by atoms with Gasteiger partial charge in [-0.2, -0.15) is 0 Å². The molecule has 0 aromatic carbocycles. The third-order valence-electron chi connectivity index (χ3n) is 2.85. The molecule has 1 aromatic heterocycles. The van der Waals surface area contributed by atoms with Gasteiger partial charge >= 0.3 is 0 Å². The molecule has 0 radical (unpaired) electrons. The van der Waals surface area contributed by atoms with Crippen molar-refractivity contribution in [2.24, 2.45) is 0 Å². The van der Waals surface area contributed by atoms with Crippen LogP contribution in [0.2, 0.25) is 0 Å². The van der Waals surface area contributed by atoms with Crippen molar-refractivity contribution >= 4 is 24.8 Å². The summed E-state index contributed by atoms with van der Waals surface area (Å²) >= 11 is 0. The van der Waals surface area contributed by atoms with E-state index in [9.17, 15) is 5.11 Å². The average molecular weight is 265 g/mol. The van der Waals surface area contributed by atoms with Crippen molar-refractivity contribution in [2.45, 2.75) is 25.4 Å². The molecule has 2 N–H and O–H groups in total. The third kappa shape index (κ3) is 3.59. The lowest BCUT2D eigenvalue weighted by Crippen LogP contribution is -2.27. The van der Waals surface area contributed by atoms with Crippen LogP contribution in [0.25, 0.3) is 0 Å². The van der Waals surface area contributed by atoms with Crippen molar-refractivity contribution in [1.29, 1.82) is 0 Å². The summed E-state index contributed by atoms with van der Waals surface area (Å²) in [4.78, 5) is 4.20. The van der Waals surface area contributed by atoms with E-state index in [-0.39, 0.29) is 31.4 Å². The minimum Gasteiger partial charge on any atom is -0.390 e. The maximum absolute atomic E-state index is 9.17. The summed E-state index contributed by atoms with van der Waals surface area (Å²) < 4.78 is 0. The maximum atomic E-state index is 9.17. The van der Waals surface area contributed by atoms with E-state index in [2.05, 4.69) is 16.4 Å². The Morgan fingerprint density at radius 2 is 2.00 bits per heavy atom. The molecule has 1 aliphatic rings. The quantitative estimate of drug-likeness (QED) is 0.858. The summed E-state index contributed by atoms with van der Waals surface area (Å²) in [6.07, 6.45) is 4.05. The topological polar surface area (TPSA) is 45.2 Å². The smallest absolute Gasteiger partial charge is 0.0855 e. The molecule has 92 valence electrons. The Morgan fingerprint density at radius 1 is 1.31 bits per heavy atom. The van der Waals surface area contributed by atoms with Crippen LogP contribution in [0.5, 0.6) is 0 Å². The molecule has 0 atom stereocenters. The first kappa shape index (κ1) is 15.7. The van der Waals surface area contributed by atoms with Crippen molar-refractivity contribution in [1.82, 2.24) is 10.3 Å². The van der Waals surface area contributed by atoms with Crippen LogP contribution in [0.15, 0.2) is 18.3 Å². The molecule has 2 rings (SSSR count). The predicted molar refractivity (Wildman–Crippen MR) is 69.5 cm³/mol. The molecule has 0 unspecified atom stereocenters. The summed E-state index contributed by atoms with van der Waals surface area (Å²) in [5, 5.41) is 12.5. The zero-order valence-corrected chi connectivity index (χ0v) is 10.7. The minimum atomic E-state index is 0. The summed E-state index contributed by atoms with van der Waals surface area (Å²) in [6, 6.07) is 4.05. The minimum absolute atomic E-state index is 0. The number of aliphatic hydroxyl groups excluding tert-OH is 1. The van der Waals surface area contributed by atoms with Crippen LogP contribution in [0.4, 0.5) is 0 Å². The molecule has 1 aromatic rings. The van der Waals surface area contributed by atoms with Gasteiger partial charge in [-0.25, -0.2) is 0 Å². The van der Waals surface area contributed by atoms with Crippen LogP contribution in [0.1, 0.15) is 30.0 Å². The van der Waals surface area contributed by atoms with Crippen LogP contribution in [0.3, 0.4) is 0 Å². The first-order chi connectivity index (χ1) is 6.92. The highest BCUT2D eigenvalue weighted by Crippen LogP contribution is 2.26. The Hall–Kier alpha value is -0.350. The third-order valence-corrected chi connectivity index (χ3v) is 2.85. The number of pyridine rings is 1. The van der Waals surface area contributed by atoms with E-state index in [0.717, 1.165) is 31.6 Å². The average Bonchev–Trinajstić information content (AvgIpc) is 2.30. The van der Waals surface area contributed by atoms with Crippen molar-refractivity contribution < 1.29 is 5.11 Å². The monoisotopic (exact) mass is 264 g/mol. The SMILES string of the molecule is Cl.Cl.OCc1ncccc1C1CCNCC1. The Labute approximate surface area is 108 Å². The van der Waals surface area contributed by atoms with Gasteiger partial charge in [0, 0.05) is 6.20 Å². The normalized spacial score (nSPS) is 16.1. The number of aromatic nitrogens is 1. The molecule has 0 spiro atoms. The van der Waals surface area contributed by atoms with Crippen LogP contribution < -0.4 is 5.32 Å². The fourth-order valence-corrected chi connectivity index (χ4v) is 2.09. The molecule has 0 saturated carbocycles. The van der Waals surface area contributed by atoms with E-state index in [1.165, 1.54) is 5.56 Å². The lowest BCUT2D eigenvalue weighted by atomic mass is 9.89. The number of aliphatic hydroxyl groups is 1. The molecule has 5 heteroatoms. The van der Waals surface area contributed by atoms with Gasteiger partial charge in [0.1, 0.15) is 0 Å². The highest BCUT2D eigenvalue weighted by Gasteiger charge is 2.17. The van der Waals surface area contributed by atoms with Gasteiger partial charge in [0.15, 0.2) is 0 Å². The van der Waals surface area contributed by atoms with Gasteiger partial charge in [0.2, 0.25) is 0 Å². The second-order valence-electron chi connectivity index (χ2n) is 3.72. The van der Waals surface area contributed by atoms with E-state index < -0.39 is 0 Å². The van der Waals surface area contributed by atoms with E-state index >= 15 is 0 Å². The van der Waals surface area contributed by atoms with Crippen molar-refractivity contribution in [3.63, 3.8) is 0 Å². The molecular formula is C11H18Cl2N2O. The molecule has 1 fully saturated rings. The molecule has 0 amide bonds. The van der Waals surface area contributed by atoms with Crippen molar-refractivity contribution in [3.05, 3.63) is 29.6 Å². The summed E-state index contributed by atoms with van der Waals surface area (Å²) in [6.45, 7) is 2.20. The van der Waals surface area contributed by atoms with Gasteiger partial charge in [-0.1, -0.05) is 6.07 Å². The molecule has 3 nitrogen and oxygen atoms in total.